The van der Waals surface area contributed by atoms with Crippen molar-refractivity contribution in [2.75, 3.05) is 0 Å². The molecule has 1 unspecified atom stereocenters. The Labute approximate surface area is 60.2 Å². The third kappa shape index (κ3) is 1.70. The lowest BCUT2D eigenvalue weighted by Gasteiger charge is -2.11. The Hall–Kier alpha value is -0.570. The average Bonchev–Trinajstić information content (AvgIpc) is 2.15. The zero-order valence-corrected chi connectivity index (χ0v) is 5.92. The average molecular weight is 143 g/mol. The van der Waals surface area contributed by atoms with Crippen molar-refractivity contribution in [2.45, 2.75) is 31.7 Å². The molecule has 3 nitrogen and oxygen atoms in total. The van der Waals surface area contributed by atoms with Gasteiger partial charge in [0.05, 0.1) is 0 Å². The van der Waals surface area contributed by atoms with Crippen molar-refractivity contribution in [1.29, 1.82) is 0 Å². The van der Waals surface area contributed by atoms with Gasteiger partial charge in [0.25, 0.3) is 0 Å². The molecule has 3 heteroatoms. The van der Waals surface area contributed by atoms with E-state index in [1.165, 1.54) is 0 Å². The van der Waals surface area contributed by atoms with Gasteiger partial charge in [-0.2, -0.15) is 0 Å². The summed E-state index contributed by atoms with van der Waals surface area (Å²) >= 11 is 0. The minimum Gasteiger partial charge on any atom is -0.481 e. The summed E-state index contributed by atoms with van der Waals surface area (Å²) in [6.07, 6.45) is 3.34. The zero-order chi connectivity index (χ0) is 7.56. The van der Waals surface area contributed by atoms with Crippen LogP contribution in [0.3, 0.4) is 0 Å². The van der Waals surface area contributed by atoms with E-state index >= 15 is 0 Å². The van der Waals surface area contributed by atoms with Crippen molar-refractivity contribution in [3.63, 3.8) is 0 Å². The normalized spacial score (nSPS) is 32.5. The lowest BCUT2D eigenvalue weighted by atomic mass is 10.0. The summed E-state index contributed by atoms with van der Waals surface area (Å²) in [6, 6.07) is 0.135. The SMILES string of the molecule is NC1CCC[C@H]1CC(=O)O. The zero-order valence-electron chi connectivity index (χ0n) is 5.92. The molecule has 0 aromatic rings. The van der Waals surface area contributed by atoms with Crippen LogP contribution in [0.1, 0.15) is 25.7 Å². The highest BCUT2D eigenvalue weighted by molar-refractivity contribution is 5.67. The van der Waals surface area contributed by atoms with E-state index in [9.17, 15) is 4.79 Å². The van der Waals surface area contributed by atoms with E-state index in [2.05, 4.69) is 0 Å². The highest BCUT2D eigenvalue weighted by atomic mass is 16.4. The van der Waals surface area contributed by atoms with Crippen LogP contribution in [-0.2, 0) is 4.79 Å². The number of aliphatic carboxylic acids is 1. The molecule has 3 N–H and O–H groups in total. The van der Waals surface area contributed by atoms with Gasteiger partial charge in [-0.3, -0.25) is 4.79 Å². The molecule has 58 valence electrons. The largest absolute Gasteiger partial charge is 0.481 e. The Bertz CT molecular complexity index is 136. The number of carboxylic acids is 1. The summed E-state index contributed by atoms with van der Waals surface area (Å²) in [5.41, 5.74) is 5.66. The van der Waals surface area contributed by atoms with E-state index in [4.69, 9.17) is 10.8 Å². The highest BCUT2D eigenvalue weighted by Crippen LogP contribution is 2.26. The smallest absolute Gasteiger partial charge is 0.303 e. The van der Waals surface area contributed by atoms with E-state index in [1.54, 1.807) is 0 Å². The number of carbonyl (C=O) groups is 1. The summed E-state index contributed by atoms with van der Waals surface area (Å²) in [5, 5.41) is 8.44. The van der Waals surface area contributed by atoms with Crippen LogP contribution in [0.5, 0.6) is 0 Å². The van der Waals surface area contributed by atoms with Gasteiger partial charge in [0.2, 0.25) is 0 Å². The van der Waals surface area contributed by atoms with Crippen LogP contribution in [0.2, 0.25) is 0 Å². The molecule has 0 saturated heterocycles. The van der Waals surface area contributed by atoms with Gasteiger partial charge in [0.15, 0.2) is 0 Å². The van der Waals surface area contributed by atoms with Gasteiger partial charge in [-0.1, -0.05) is 6.42 Å². The Morgan fingerprint density at radius 1 is 1.60 bits per heavy atom. The molecule has 0 radical (unpaired) electrons. The second-order valence-corrected chi connectivity index (χ2v) is 2.95. The molecule has 10 heavy (non-hydrogen) atoms. The summed E-state index contributed by atoms with van der Waals surface area (Å²) in [6.45, 7) is 0. The summed E-state index contributed by atoms with van der Waals surface area (Å²) < 4.78 is 0. The molecule has 1 aliphatic rings. The third-order valence-electron chi connectivity index (χ3n) is 2.15. The second kappa shape index (κ2) is 3.01. The van der Waals surface area contributed by atoms with Crippen LogP contribution < -0.4 is 5.73 Å². The first kappa shape index (κ1) is 7.54. The summed E-state index contributed by atoms with van der Waals surface area (Å²) in [4.78, 5) is 10.2. The van der Waals surface area contributed by atoms with E-state index < -0.39 is 5.97 Å². The Morgan fingerprint density at radius 3 is 2.70 bits per heavy atom. The fourth-order valence-electron chi connectivity index (χ4n) is 1.54. The molecule has 0 heterocycles. The third-order valence-corrected chi connectivity index (χ3v) is 2.15. The molecule has 0 amide bonds. The number of nitrogens with two attached hydrogens (primary N) is 1. The fraction of sp³-hybridized carbons (Fsp3) is 0.857. The molecule has 0 bridgehead atoms. The topological polar surface area (TPSA) is 63.3 Å². The molecular formula is C7H13NO2. The number of carboxylic acid groups (broad SMARTS) is 1. The predicted molar refractivity (Wildman–Crippen MR) is 37.6 cm³/mol. The van der Waals surface area contributed by atoms with Crippen molar-refractivity contribution >= 4 is 5.97 Å². The van der Waals surface area contributed by atoms with Crippen molar-refractivity contribution in [3.05, 3.63) is 0 Å². The molecule has 1 rings (SSSR count). The molecule has 0 aromatic heterocycles. The van der Waals surface area contributed by atoms with Crippen LogP contribution in [0.4, 0.5) is 0 Å². The maximum absolute atomic E-state index is 10.2. The van der Waals surface area contributed by atoms with Gasteiger partial charge in [-0.05, 0) is 18.8 Å². The maximum atomic E-state index is 10.2. The predicted octanol–water partition coefficient (Wildman–Crippen LogP) is 0.588. The summed E-state index contributed by atoms with van der Waals surface area (Å²) in [5.74, 6) is -0.486. The van der Waals surface area contributed by atoms with Gasteiger partial charge in [0.1, 0.15) is 0 Å². The van der Waals surface area contributed by atoms with Crippen LogP contribution >= 0.6 is 0 Å². The van der Waals surface area contributed by atoms with Crippen molar-refractivity contribution in [3.8, 4) is 0 Å². The lowest BCUT2D eigenvalue weighted by Crippen LogP contribution is -2.26. The molecular weight excluding hydrogens is 130 g/mol. The quantitative estimate of drug-likeness (QED) is 0.594. The molecule has 0 aliphatic heterocycles. The summed E-state index contributed by atoms with van der Waals surface area (Å²) in [7, 11) is 0. The number of hydrogen-bond acceptors (Lipinski definition) is 2. The van der Waals surface area contributed by atoms with Crippen LogP contribution in [0, 0.1) is 5.92 Å². The molecule has 0 spiro atoms. The minimum atomic E-state index is -0.720. The Kier molecular flexibility index (Phi) is 2.27. The highest BCUT2D eigenvalue weighted by Gasteiger charge is 2.25. The van der Waals surface area contributed by atoms with E-state index in [0.717, 1.165) is 19.3 Å². The van der Waals surface area contributed by atoms with Crippen LogP contribution in [0.15, 0.2) is 0 Å². The van der Waals surface area contributed by atoms with Gasteiger partial charge in [-0.15, -0.1) is 0 Å². The van der Waals surface area contributed by atoms with Gasteiger partial charge >= 0.3 is 5.97 Å². The Morgan fingerprint density at radius 2 is 2.30 bits per heavy atom. The standard InChI is InChI=1S/C7H13NO2/c8-6-3-1-2-5(6)4-7(9)10/h5-6H,1-4,8H2,(H,9,10)/t5-,6?/m0/s1. The lowest BCUT2D eigenvalue weighted by molar-refractivity contribution is -0.138. The van der Waals surface area contributed by atoms with Crippen LogP contribution in [0.25, 0.3) is 0 Å². The number of hydrogen-bond donors (Lipinski definition) is 2. The molecule has 0 aromatic carbocycles. The first-order valence-electron chi connectivity index (χ1n) is 3.67. The van der Waals surface area contributed by atoms with Crippen molar-refractivity contribution < 1.29 is 9.90 Å². The number of rotatable bonds is 2. The van der Waals surface area contributed by atoms with Gasteiger partial charge in [-0.25, -0.2) is 0 Å². The molecule has 2 atom stereocenters. The fourth-order valence-corrected chi connectivity index (χ4v) is 1.54. The molecule has 1 aliphatic carbocycles. The second-order valence-electron chi connectivity index (χ2n) is 2.95. The maximum Gasteiger partial charge on any atom is 0.303 e. The first-order valence-corrected chi connectivity index (χ1v) is 3.67. The van der Waals surface area contributed by atoms with Crippen molar-refractivity contribution in [1.82, 2.24) is 0 Å². The van der Waals surface area contributed by atoms with Crippen molar-refractivity contribution in [2.24, 2.45) is 11.7 Å². The van der Waals surface area contributed by atoms with E-state index in [0.29, 0.717) is 0 Å². The molecule has 1 saturated carbocycles. The van der Waals surface area contributed by atoms with Crippen LogP contribution in [-0.4, -0.2) is 17.1 Å². The van der Waals surface area contributed by atoms with Gasteiger partial charge in [0, 0.05) is 12.5 Å². The van der Waals surface area contributed by atoms with E-state index in [-0.39, 0.29) is 18.4 Å². The minimum absolute atomic E-state index is 0.135. The monoisotopic (exact) mass is 143 g/mol. The molecule has 1 fully saturated rings. The van der Waals surface area contributed by atoms with E-state index in [1.807, 2.05) is 0 Å². The Balaban J connectivity index is 2.33. The van der Waals surface area contributed by atoms with Gasteiger partial charge < -0.3 is 10.8 Å². The first-order chi connectivity index (χ1) is 4.70.